The van der Waals surface area contributed by atoms with E-state index in [0.717, 1.165) is 0 Å². The number of benzene rings is 2. The molecule has 2 heterocycles. The average Bonchev–Trinajstić information content (AvgIpc) is 2.75. The highest BCUT2D eigenvalue weighted by Gasteiger charge is 2.48. The lowest BCUT2D eigenvalue weighted by molar-refractivity contribution is -0.144. The Labute approximate surface area is 199 Å². The number of amides is 3. The van der Waals surface area contributed by atoms with Crippen molar-refractivity contribution in [3.8, 4) is 0 Å². The first kappa shape index (κ1) is 23.0. The number of anilines is 2. The Morgan fingerprint density at radius 3 is 2.42 bits per heavy atom. The van der Waals surface area contributed by atoms with E-state index in [2.05, 4.69) is 26.6 Å². The van der Waals surface area contributed by atoms with E-state index in [1.165, 1.54) is 6.92 Å². The minimum atomic E-state index is -0.885. The maximum Gasteiger partial charge on any atom is 0.229 e. The van der Waals surface area contributed by atoms with Gasteiger partial charge in [0.25, 0.3) is 0 Å². The third-order valence-electron chi connectivity index (χ3n) is 5.58. The van der Waals surface area contributed by atoms with Crippen LogP contribution in [0.3, 0.4) is 0 Å². The molecule has 9 nitrogen and oxygen atoms in total. The predicted molar refractivity (Wildman–Crippen MR) is 124 cm³/mol. The Kier molecular flexibility index (Phi) is 6.55. The summed E-state index contributed by atoms with van der Waals surface area (Å²) in [6, 6.07) is 11.3. The lowest BCUT2D eigenvalue weighted by Crippen LogP contribution is -2.72. The number of rotatable bonds is 5. The molecule has 0 radical (unpaired) electrons. The van der Waals surface area contributed by atoms with E-state index in [1.807, 2.05) is 0 Å². The zero-order chi connectivity index (χ0) is 23.7. The number of ketones is 1. The van der Waals surface area contributed by atoms with Gasteiger partial charge in [-0.1, -0.05) is 23.2 Å². The molecule has 0 saturated carbocycles. The predicted octanol–water partition coefficient (Wildman–Crippen LogP) is 2.33. The zero-order valence-electron chi connectivity index (χ0n) is 17.4. The van der Waals surface area contributed by atoms with Crippen molar-refractivity contribution in [2.45, 2.75) is 25.8 Å². The molecule has 2 aliphatic heterocycles. The minimum Gasteiger partial charge on any atom is -0.352 e. The molecular formula is C22H21Cl2N5O4. The number of carbonyl (C=O) groups excluding carboxylic acids is 4. The van der Waals surface area contributed by atoms with Crippen molar-refractivity contribution in [1.29, 1.82) is 0 Å². The normalized spacial score (nSPS) is 24.2. The van der Waals surface area contributed by atoms with Gasteiger partial charge in [-0.25, -0.2) is 0 Å². The van der Waals surface area contributed by atoms with Crippen molar-refractivity contribution in [3.63, 3.8) is 0 Å². The molecule has 5 N–H and O–H groups in total. The van der Waals surface area contributed by atoms with Crippen LogP contribution in [-0.2, 0) is 14.4 Å². The lowest BCUT2D eigenvalue weighted by atomic mass is 9.81. The summed E-state index contributed by atoms with van der Waals surface area (Å²) in [5.41, 5.74) is 1.51. The molecule has 2 saturated heterocycles. The number of fused-ring (bicyclic) bond motifs is 1. The van der Waals surface area contributed by atoms with Crippen LogP contribution in [0.2, 0.25) is 10.0 Å². The molecule has 0 aromatic heterocycles. The van der Waals surface area contributed by atoms with Gasteiger partial charge in [0.05, 0.1) is 28.7 Å². The van der Waals surface area contributed by atoms with E-state index >= 15 is 0 Å². The standard InChI is InChI=1S/C22H21Cl2N5O4/c1-10(30)11-2-5-13(6-3-11)25-20(32)14-9-17(31)27-19-18(14)21(33)29-22(28-19)26-16-7-4-12(23)8-15(16)24/h2-8,14,18-19,22,26,28H,9H2,1H3,(H,25,32)(H,27,31)(H,29,33). The van der Waals surface area contributed by atoms with Crippen LogP contribution in [0, 0.1) is 11.8 Å². The number of hydrogen-bond acceptors (Lipinski definition) is 6. The first-order chi connectivity index (χ1) is 15.7. The summed E-state index contributed by atoms with van der Waals surface area (Å²) in [5, 5.41) is 15.2. The lowest BCUT2D eigenvalue weighted by Gasteiger charge is -2.43. The second-order valence-corrected chi connectivity index (χ2v) is 8.72. The molecule has 2 aromatic carbocycles. The second-order valence-electron chi connectivity index (χ2n) is 7.88. The first-order valence-electron chi connectivity index (χ1n) is 10.2. The van der Waals surface area contributed by atoms with Gasteiger partial charge in [-0.15, -0.1) is 0 Å². The van der Waals surface area contributed by atoms with Crippen LogP contribution in [0.4, 0.5) is 11.4 Å². The van der Waals surface area contributed by atoms with Crippen LogP contribution < -0.4 is 26.6 Å². The third kappa shape index (κ3) is 5.11. The molecule has 3 amide bonds. The van der Waals surface area contributed by atoms with Gasteiger partial charge in [0, 0.05) is 22.7 Å². The summed E-state index contributed by atoms with van der Waals surface area (Å²) < 4.78 is 0. The monoisotopic (exact) mass is 489 g/mol. The van der Waals surface area contributed by atoms with Gasteiger partial charge in [-0.3, -0.25) is 24.5 Å². The number of Topliss-reactive ketones (excluding diaryl/α,β-unsaturated/α-hetero) is 1. The third-order valence-corrected chi connectivity index (χ3v) is 6.12. The van der Waals surface area contributed by atoms with Crippen molar-refractivity contribution in [2.75, 3.05) is 10.6 Å². The fourth-order valence-corrected chi connectivity index (χ4v) is 4.40. The molecule has 33 heavy (non-hydrogen) atoms. The summed E-state index contributed by atoms with van der Waals surface area (Å²) in [4.78, 5) is 49.7. The molecule has 11 heteroatoms. The SMILES string of the molecule is CC(=O)c1ccc(NC(=O)C2CC(=O)NC3NC(Nc4ccc(Cl)cc4Cl)NC(=O)C32)cc1. The molecule has 2 fully saturated rings. The number of carbonyl (C=O) groups is 4. The van der Waals surface area contributed by atoms with Crippen LogP contribution in [0.15, 0.2) is 42.5 Å². The molecule has 4 atom stereocenters. The van der Waals surface area contributed by atoms with Gasteiger partial charge in [0.15, 0.2) is 12.1 Å². The van der Waals surface area contributed by atoms with Crippen molar-refractivity contribution in [2.24, 2.45) is 11.8 Å². The van der Waals surface area contributed by atoms with E-state index in [1.54, 1.807) is 42.5 Å². The molecule has 2 aromatic rings. The average molecular weight is 490 g/mol. The maximum absolute atomic E-state index is 13.0. The van der Waals surface area contributed by atoms with Crippen LogP contribution in [0.5, 0.6) is 0 Å². The Hall–Kier alpha value is -3.14. The Bertz CT molecular complexity index is 1120. The summed E-state index contributed by atoms with van der Waals surface area (Å²) in [7, 11) is 0. The molecule has 4 rings (SSSR count). The van der Waals surface area contributed by atoms with E-state index < -0.39 is 36.1 Å². The maximum atomic E-state index is 13.0. The van der Waals surface area contributed by atoms with Gasteiger partial charge in [0.1, 0.15) is 0 Å². The van der Waals surface area contributed by atoms with Gasteiger partial charge < -0.3 is 21.3 Å². The zero-order valence-corrected chi connectivity index (χ0v) is 19.0. The van der Waals surface area contributed by atoms with Gasteiger partial charge >= 0.3 is 0 Å². The number of halogens is 2. The molecular weight excluding hydrogens is 469 g/mol. The van der Waals surface area contributed by atoms with Crippen LogP contribution in [0.1, 0.15) is 23.7 Å². The van der Waals surface area contributed by atoms with Gasteiger partial charge in [-0.05, 0) is 49.4 Å². The fraction of sp³-hybridized carbons (Fsp3) is 0.273. The smallest absolute Gasteiger partial charge is 0.229 e. The molecule has 0 aliphatic carbocycles. The van der Waals surface area contributed by atoms with Crippen molar-refractivity contribution >= 4 is 58.1 Å². The first-order valence-corrected chi connectivity index (χ1v) is 11.0. The summed E-state index contributed by atoms with van der Waals surface area (Å²) >= 11 is 12.1. The Morgan fingerprint density at radius 1 is 1.03 bits per heavy atom. The van der Waals surface area contributed by atoms with Crippen LogP contribution in [-0.4, -0.2) is 36.0 Å². The van der Waals surface area contributed by atoms with Crippen LogP contribution in [0.25, 0.3) is 0 Å². The number of hydrogen-bond donors (Lipinski definition) is 5. The molecule has 0 bridgehead atoms. The topological polar surface area (TPSA) is 128 Å². The van der Waals surface area contributed by atoms with Crippen molar-refractivity contribution < 1.29 is 19.2 Å². The van der Waals surface area contributed by atoms with E-state index in [9.17, 15) is 19.2 Å². The van der Waals surface area contributed by atoms with E-state index in [0.29, 0.717) is 27.0 Å². The van der Waals surface area contributed by atoms with Gasteiger partial charge in [0.2, 0.25) is 17.7 Å². The molecule has 4 unspecified atom stereocenters. The fourth-order valence-electron chi connectivity index (χ4n) is 3.94. The van der Waals surface area contributed by atoms with Crippen molar-refractivity contribution in [1.82, 2.24) is 16.0 Å². The summed E-state index contributed by atoms with van der Waals surface area (Å²) in [5.74, 6) is -3.00. The largest absolute Gasteiger partial charge is 0.352 e. The van der Waals surface area contributed by atoms with E-state index in [4.69, 9.17) is 23.2 Å². The molecule has 0 spiro atoms. The highest BCUT2D eigenvalue weighted by Crippen LogP contribution is 2.30. The summed E-state index contributed by atoms with van der Waals surface area (Å²) in [6.45, 7) is 1.45. The van der Waals surface area contributed by atoms with E-state index in [-0.39, 0.29) is 18.1 Å². The Balaban J connectivity index is 1.47. The molecule has 172 valence electrons. The highest BCUT2D eigenvalue weighted by molar-refractivity contribution is 6.36. The highest BCUT2D eigenvalue weighted by atomic mass is 35.5. The van der Waals surface area contributed by atoms with Gasteiger partial charge in [-0.2, -0.15) is 0 Å². The quantitative estimate of drug-likeness (QED) is 0.410. The number of piperidine rings is 1. The second kappa shape index (κ2) is 9.38. The number of nitrogens with one attached hydrogen (secondary N) is 5. The minimum absolute atomic E-state index is 0.0901. The summed E-state index contributed by atoms with van der Waals surface area (Å²) in [6.07, 6.45) is -1.63. The molecule has 2 aliphatic rings. The Morgan fingerprint density at radius 2 is 1.76 bits per heavy atom. The van der Waals surface area contributed by atoms with Crippen molar-refractivity contribution in [3.05, 3.63) is 58.1 Å². The van der Waals surface area contributed by atoms with Crippen LogP contribution >= 0.6 is 23.2 Å².